The topological polar surface area (TPSA) is 98.4 Å². The number of carbonyl (C=O) groups is 2. The van der Waals surface area contributed by atoms with Crippen molar-refractivity contribution >= 4 is 11.8 Å². The van der Waals surface area contributed by atoms with Crippen LogP contribution >= 0.6 is 0 Å². The average molecular weight is 526 g/mol. The Morgan fingerprint density at radius 1 is 1.14 bits per heavy atom. The second kappa shape index (κ2) is 13.3. The molecule has 1 aliphatic carbocycles. The van der Waals surface area contributed by atoms with Crippen molar-refractivity contribution in [2.75, 3.05) is 40.9 Å². The number of Topliss-reactive ketones (excluding diaryl/α,β-unsaturated/α-hetero) is 1. The molecule has 37 heavy (non-hydrogen) atoms. The maximum absolute atomic E-state index is 13.6. The van der Waals surface area contributed by atoms with Gasteiger partial charge in [0.2, 0.25) is 0 Å². The lowest BCUT2D eigenvalue weighted by Gasteiger charge is -2.45. The molecule has 2 saturated heterocycles. The first kappa shape index (κ1) is 30.4. The van der Waals surface area contributed by atoms with Crippen LogP contribution in [0.3, 0.4) is 0 Å². The van der Waals surface area contributed by atoms with Gasteiger partial charge in [-0.05, 0) is 73.0 Å². The van der Waals surface area contributed by atoms with Crippen LogP contribution in [-0.4, -0.2) is 99.8 Å². The summed E-state index contributed by atoms with van der Waals surface area (Å²) in [4.78, 5) is 28.7. The van der Waals surface area contributed by atoms with E-state index in [1.807, 2.05) is 13.8 Å². The molecule has 3 aliphatic rings. The first-order valence-electron chi connectivity index (χ1n) is 14.1. The molecular weight excluding hydrogens is 474 g/mol. The van der Waals surface area contributed by atoms with Crippen molar-refractivity contribution in [3.05, 3.63) is 0 Å². The summed E-state index contributed by atoms with van der Waals surface area (Å²) in [6.45, 7) is 11.4. The Morgan fingerprint density at radius 3 is 2.46 bits per heavy atom. The molecule has 3 fully saturated rings. The second-order valence-corrected chi connectivity index (χ2v) is 12.2. The van der Waals surface area contributed by atoms with Crippen LogP contribution in [0.1, 0.15) is 66.7 Å². The fourth-order valence-electron chi connectivity index (χ4n) is 5.74. The van der Waals surface area contributed by atoms with Crippen molar-refractivity contribution in [3.63, 3.8) is 0 Å². The number of rotatable bonds is 7. The van der Waals surface area contributed by atoms with E-state index in [0.717, 1.165) is 19.5 Å². The van der Waals surface area contributed by atoms with Gasteiger partial charge >= 0.3 is 5.97 Å². The minimum Gasteiger partial charge on any atom is -0.463 e. The van der Waals surface area contributed by atoms with Crippen LogP contribution in [0, 0.1) is 17.8 Å². The lowest BCUT2D eigenvalue weighted by atomic mass is 9.78. The van der Waals surface area contributed by atoms with Crippen LogP contribution in [0.2, 0.25) is 0 Å². The maximum Gasteiger partial charge on any atom is 0.316 e. The quantitative estimate of drug-likeness (QED) is 0.383. The van der Waals surface area contributed by atoms with Crippen molar-refractivity contribution in [3.8, 4) is 0 Å². The summed E-state index contributed by atoms with van der Waals surface area (Å²) in [6.07, 6.45) is 3.69. The van der Waals surface area contributed by atoms with Crippen molar-refractivity contribution in [1.82, 2.24) is 15.5 Å². The number of nitrogens with zero attached hydrogens (tertiary/aromatic N) is 1. The first-order chi connectivity index (χ1) is 17.4. The molecule has 0 aromatic heterocycles. The number of methoxy groups -OCH3 is 1. The molecule has 2 unspecified atom stereocenters. The molecule has 0 radical (unpaired) electrons. The third-order valence-corrected chi connectivity index (χ3v) is 8.40. The summed E-state index contributed by atoms with van der Waals surface area (Å²) in [5.41, 5.74) is -0.757. The smallest absolute Gasteiger partial charge is 0.316 e. The van der Waals surface area contributed by atoms with Crippen LogP contribution in [0.5, 0.6) is 0 Å². The SMILES string of the molecule is CO[C@]1(C)C[C@@H](C)CN[C@H](CNC2CC2)COC(=O)[C@H](C)C(=O)[C@H](C)[C@H]1OC1C[C@H](N(C)C)CC(C)O1. The number of hydrogen-bond donors (Lipinski definition) is 2. The van der Waals surface area contributed by atoms with Crippen molar-refractivity contribution in [2.45, 2.75) is 109 Å². The molecule has 2 N–H and O–H groups in total. The normalized spacial score (nSPS) is 41.0. The molecule has 2 aliphatic heterocycles. The minimum absolute atomic E-state index is 0.0200. The molecule has 9 heteroatoms. The van der Waals surface area contributed by atoms with Crippen molar-refractivity contribution < 1.29 is 28.5 Å². The zero-order valence-electron chi connectivity index (χ0n) is 24.2. The van der Waals surface area contributed by atoms with Crippen molar-refractivity contribution in [1.29, 1.82) is 0 Å². The van der Waals surface area contributed by atoms with E-state index in [2.05, 4.69) is 43.5 Å². The zero-order chi connectivity index (χ0) is 27.3. The van der Waals surface area contributed by atoms with Crippen LogP contribution in [0.4, 0.5) is 0 Å². The van der Waals surface area contributed by atoms with E-state index in [1.54, 1.807) is 14.0 Å². The van der Waals surface area contributed by atoms with Crippen LogP contribution in [0.15, 0.2) is 0 Å². The summed E-state index contributed by atoms with van der Waals surface area (Å²) >= 11 is 0. The Labute approximate surface area is 223 Å². The number of esters is 1. The number of nitrogens with one attached hydrogen (secondary N) is 2. The van der Waals surface area contributed by atoms with Gasteiger partial charge in [-0.2, -0.15) is 0 Å². The summed E-state index contributed by atoms with van der Waals surface area (Å²) < 4.78 is 24.6. The van der Waals surface area contributed by atoms with E-state index in [9.17, 15) is 9.59 Å². The van der Waals surface area contributed by atoms with E-state index in [-0.39, 0.29) is 30.5 Å². The summed E-state index contributed by atoms with van der Waals surface area (Å²) in [5.74, 6) is -1.93. The van der Waals surface area contributed by atoms with Gasteiger partial charge in [-0.1, -0.05) is 13.8 Å². The second-order valence-electron chi connectivity index (χ2n) is 12.2. The monoisotopic (exact) mass is 525 g/mol. The molecule has 214 valence electrons. The molecule has 1 saturated carbocycles. The predicted octanol–water partition coefficient (Wildman–Crippen LogP) is 2.37. The van der Waals surface area contributed by atoms with Crippen LogP contribution in [-0.2, 0) is 28.5 Å². The van der Waals surface area contributed by atoms with E-state index >= 15 is 0 Å². The lowest BCUT2D eigenvalue weighted by molar-refractivity contribution is -0.262. The molecule has 0 amide bonds. The summed E-state index contributed by atoms with van der Waals surface area (Å²) in [5, 5.41) is 7.10. The van der Waals surface area contributed by atoms with Gasteiger partial charge < -0.3 is 34.5 Å². The Morgan fingerprint density at radius 2 is 1.84 bits per heavy atom. The third-order valence-electron chi connectivity index (χ3n) is 8.40. The first-order valence-corrected chi connectivity index (χ1v) is 14.1. The molecule has 9 nitrogen and oxygen atoms in total. The van der Waals surface area contributed by atoms with Crippen molar-refractivity contribution in [2.24, 2.45) is 17.8 Å². The molecule has 2 heterocycles. The zero-order valence-corrected chi connectivity index (χ0v) is 24.2. The van der Waals surface area contributed by atoms with Crippen LogP contribution < -0.4 is 10.6 Å². The van der Waals surface area contributed by atoms with E-state index in [1.165, 1.54) is 12.8 Å². The molecule has 0 aromatic carbocycles. The van der Waals surface area contributed by atoms with Gasteiger partial charge in [0, 0.05) is 38.1 Å². The van der Waals surface area contributed by atoms with Gasteiger partial charge in [0.1, 0.15) is 12.5 Å². The molecule has 9 atom stereocenters. The van der Waals surface area contributed by atoms with Gasteiger partial charge in [0.05, 0.1) is 23.9 Å². The predicted molar refractivity (Wildman–Crippen MR) is 142 cm³/mol. The Hall–Kier alpha value is -1.10. The fourth-order valence-corrected chi connectivity index (χ4v) is 5.74. The molecule has 0 aromatic rings. The fraction of sp³-hybridized carbons (Fsp3) is 0.929. The van der Waals surface area contributed by atoms with Gasteiger partial charge in [-0.25, -0.2) is 0 Å². The minimum atomic E-state index is -0.891. The highest BCUT2D eigenvalue weighted by molar-refractivity contribution is 5.99. The number of hydrogen-bond acceptors (Lipinski definition) is 9. The molecule has 0 bridgehead atoms. The Kier molecular flexibility index (Phi) is 10.9. The maximum atomic E-state index is 13.6. The third kappa shape index (κ3) is 8.44. The Balaban J connectivity index is 1.83. The number of ketones is 1. The Bertz CT molecular complexity index is 762. The molecule has 0 spiro atoms. The van der Waals surface area contributed by atoms with E-state index in [0.29, 0.717) is 24.9 Å². The summed E-state index contributed by atoms with van der Waals surface area (Å²) in [6, 6.07) is 0.863. The lowest BCUT2D eigenvalue weighted by Crippen LogP contribution is -2.54. The van der Waals surface area contributed by atoms with E-state index in [4.69, 9.17) is 18.9 Å². The number of ether oxygens (including phenoxy) is 4. The highest BCUT2D eigenvalue weighted by atomic mass is 16.7. The van der Waals surface area contributed by atoms with Gasteiger partial charge in [0.15, 0.2) is 12.1 Å². The van der Waals surface area contributed by atoms with E-state index < -0.39 is 35.8 Å². The molecule has 3 rings (SSSR count). The average Bonchev–Trinajstić information content (AvgIpc) is 3.68. The highest BCUT2D eigenvalue weighted by Gasteiger charge is 2.46. The highest BCUT2D eigenvalue weighted by Crippen LogP contribution is 2.36. The van der Waals surface area contributed by atoms with Gasteiger partial charge in [-0.15, -0.1) is 0 Å². The van der Waals surface area contributed by atoms with Gasteiger partial charge in [-0.3, -0.25) is 9.59 Å². The largest absolute Gasteiger partial charge is 0.463 e. The number of cyclic esters (lactones) is 1. The summed E-state index contributed by atoms with van der Waals surface area (Å²) in [7, 11) is 5.82. The standard InChI is InChI=1S/C28H51N3O6/c1-17-13-28(5,34-8)26(37-24-12-23(31(6)7)11-18(2)36-24)19(3)25(32)20(4)27(33)35-16-22(29-14-17)15-30-21-9-10-21/h17-24,26,29-30H,9-16H2,1-8H3/t17-,18?,19+,20-,22-,23-,24?,26-,28-/m1/s1. The van der Waals surface area contributed by atoms with Gasteiger partial charge in [0.25, 0.3) is 0 Å². The molecular formula is C28H51N3O6. The number of carbonyl (C=O) groups excluding carboxylic acids is 2. The van der Waals surface area contributed by atoms with Crippen LogP contribution in [0.25, 0.3) is 0 Å².